The topological polar surface area (TPSA) is 17.1 Å². The van der Waals surface area contributed by atoms with Gasteiger partial charge in [0.1, 0.15) is 5.82 Å². The second kappa shape index (κ2) is 3.70. The summed E-state index contributed by atoms with van der Waals surface area (Å²) in [5.41, 5.74) is -0.0245. The zero-order valence-corrected chi connectivity index (χ0v) is 9.11. The van der Waals surface area contributed by atoms with Crippen molar-refractivity contribution in [1.82, 2.24) is 0 Å². The highest BCUT2D eigenvalue weighted by Gasteiger charge is 2.13. The van der Waals surface area contributed by atoms with Gasteiger partial charge in [-0.3, -0.25) is 4.79 Å². The third kappa shape index (κ3) is 1.77. The molecule has 0 heterocycles. The highest BCUT2D eigenvalue weighted by molar-refractivity contribution is 14.1. The zero-order chi connectivity index (χ0) is 9.30. The average Bonchev–Trinajstić information content (AvgIpc) is 1.97. The van der Waals surface area contributed by atoms with Crippen LogP contribution in [-0.4, -0.2) is 5.78 Å². The monoisotopic (exact) mass is 298 g/mol. The largest absolute Gasteiger partial charge is 0.294 e. The van der Waals surface area contributed by atoms with E-state index in [1.807, 2.05) is 22.6 Å². The van der Waals surface area contributed by atoms with E-state index < -0.39 is 5.82 Å². The Morgan fingerprint density at radius 1 is 1.58 bits per heavy atom. The second-order valence-corrected chi connectivity index (χ2v) is 3.81. The number of carbonyl (C=O) groups excluding carboxylic acids is 1. The van der Waals surface area contributed by atoms with E-state index in [0.29, 0.717) is 3.57 Å². The van der Waals surface area contributed by atoms with Crippen molar-refractivity contribution in [1.29, 1.82) is 0 Å². The first-order valence-corrected chi connectivity index (χ1v) is 4.64. The van der Waals surface area contributed by atoms with Crippen LogP contribution in [0.3, 0.4) is 0 Å². The molecular formula is C8H5ClFIO. The van der Waals surface area contributed by atoms with Crippen LogP contribution in [0, 0.1) is 9.39 Å². The van der Waals surface area contributed by atoms with Crippen molar-refractivity contribution in [3.05, 3.63) is 32.1 Å². The molecule has 0 aromatic heterocycles. The number of carbonyl (C=O) groups is 1. The number of Topliss-reactive ketones (excluding diaryl/α,β-unsaturated/α-hetero) is 1. The van der Waals surface area contributed by atoms with Gasteiger partial charge in [-0.05, 0) is 41.6 Å². The number of ketones is 1. The standard InChI is InChI=1S/C8H5ClFIO/c1-4(12)7-5(10)2-3-6(11)8(7)9/h2-3H,1H3. The van der Waals surface area contributed by atoms with Crippen LogP contribution >= 0.6 is 34.2 Å². The Labute approximate surface area is 88.1 Å². The molecule has 1 aromatic rings. The number of halogens is 3. The van der Waals surface area contributed by atoms with Crippen molar-refractivity contribution >= 4 is 40.0 Å². The summed E-state index contributed by atoms with van der Waals surface area (Å²) in [4.78, 5) is 10.9. The third-order valence-electron chi connectivity index (χ3n) is 1.40. The van der Waals surface area contributed by atoms with Gasteiger partial charge in [0.05, 0.1) is 10.6 Å². The Bertz CT molecular complexity index is 338. The van der Waals surface area contributed by atoms with Gasteiger partial charge in [-0.2, -0.15) is 0 Å². The third-order valence-corrected chi connectivity index (χ3v) is 3.01. The molecule has 64 valence electrons. The van der Waals surface area contributed by atoms with Crippen LogP contribution in [0.15, 0.2) is 12.1 Å². The van der Waals surface area contributed by atoms with Crippen molar-refractivity contribution in [3.8, 4) is 0 Å². The summed E-state index contributed by atoms with van der Waals surface area (Å²) in [6.45, 7) is 1.29. The molecule has 0 radical (unpaired) electrons. The van der Waals surface area contributed by atoms with E-state index in [0.717, 1.165) is 0 Å². The van der Waals surface area contributed by atoms with Crippen LogP contribution in [0.1, 0.15) is 17.3 Å². The predicted octanol–water partition coefficient (Wildman–Crippen LogP) is 3.29. The van der Waals surface area contributed by atoms with E-state index in [-0.39, 0.29) is 16.4 Å². The maximum Gasteiger partial charge on any atom is 0.164 e. The number of hydrogen-bond donors (Lipinski definition) is 0. The van der Waals surface area contributed by atoms with Gasteiger partial charge in [-0.25, -0.2) is 4.39 Å². The molecule has 0 atom stereocenters. The summed E-state index contributed by atoms with van der Waals surface area (Å²) < 4.78 is 13.7. The van der Waals surface area contributed by atoms with Gasteiger partial charge in [0, 0.05) is 3.57 Å². The van der Waals surface area contributed by atoms with Crippen molar-refractivity contribution in [3.63, 3.8) is 0 Å². The molecule has 0 aliphatic rings. The van der Waals surface area contributed by atoms with E-state index in [9.17, 15) is 9.18 Å². The zero-order valence-electron chi connectivity index (χ0n) is 6.20. The molecule has 0 saturated heterocycles. The van der Waals surface area contributed by atoms with Gasteiger partial charge in [-0.15, -0.1) is 0 Å². The van der Waals surface area contributed by atoms with Gasteiger partial charge in [-0.1, -0.05) is 11.6 Å². The minimum atomic E-state index is -0.562. The van der Waals surface area contributed by atoms with Gasteiger partial charge >= 0.3 is 0 Å². The summed E-state index contributed by atoms with van der Waals surface area (Å²) >= 11 is 7.67. The Hall–Kier alpha value is -0.160. The maximum atomic E-state index is 13.0. The predicted molar refractivity (Wildman–Crippen MR) is 54.1 cm³/mol. The fourth-order valence-electron chi connectivity index (χ4n) is 0.850. The first-order chi connectivity index (χ1) is 5.54. The van der Waals surface area contributed by atoms with E-state index in [1.54, 1.807) is 0 Å². The Morgan fingerprint density at radius 3 is 2.58 bits per heavy atom. The van der Waals surface area contributed by atoms with E-state index in [2.05, 4.69) is 0 Å². The highest BCUT2D eigenvalue weighted by atomic mass is 127. The van der Waals surface area contributed by atoms with Gasteiger partial charge in [0.25, 0.3) is 0 Å². The summed E-state index contributed by atoms with van der Waals surface area (Å²) in [7, 11) is 0. The van der Waals surface area contributed by atoms with Crippen LogP contribution < -0.4 is 0 Å². The molecule has 0 unspecified atom stereocenters. The molecule has 0 aliphatic carbocycles. The minimum absolute atomic E-state index is 0.0245. The molecule has 0 N–H and O–H groups in total. The molecule has 0 amide bonds. The lowest BCUT2D eigenvalue weighted by atomic mass is 10.1. The number of hydrogen-bond acceptors (Lipinski definition) is 1. The van der Waals surface area contributed by atoms with Gasteiger partial charge in [0.15, 0.2) is 5.78 Å². The molecule has 1 nitrogen and oxygen atoms in total. The van der Waals surface area contributed by atoms with E-state index in [4.69, 9.17) is 11.6 Å². The molecule has 12 heavy (non-hydrogen) atoms. The molecule has 1 aromatic carbocycles. The number of rotatable bonds is 1. The SMILES string of the molecule is CC(=O)c1c(F)ccc(I)c1Cl. The second-order valence-electron chi connectivity index (χ2n) is 2.27. The Kier molecular flexibility index (Phi) is 3.06. The molecule has 0 fully saturated rings. The quantitative estimate of drug-likeness (QED) is 0.442. The van der Waals surface area contributed by atoms with E-state index >= 15 is 0 Å². The molecule has 1 rings (SSSR count). The number of benzene rings is 1. The molecule has 0 aliphatic heterocycles. The van der Waals surface area contributed by atoms with Crippen molar-refractivity contribution in [2.75, 3.05) is 0 Å². The minimum Gasteiger partial charge on any atom is -0.294 e. The molecule has 0 saturated carbocycles. The normalized spacial score (nSPS) is 10.0. The van der Waals surface area contributed by atoms with Crippen LogP contribution in [0.4, 0.5) is 4.39 Å². The lowest BCUT2D eigenvalue weighted by molar-refractivity contribution is 0.101. The lowest BCUT2D eigenvalue weighted by Gasteiger charge is -2.02. The van der Waals surface area contributed by atoms with Crippen molar-refractivity contribution < 1.29 is 9.18 Å². The van der Waals surface area contributed by atoms with Gasteiger partial charge in [0.2, 0.25) is 0 Å². The summed E-state index contributed by atoms with van der Waals surface area (Å²) in [6.07, 6.45) is 0. The summed E-state index contributed by atoms with van der Waals surface area (Å²) in [5, 5.41) is 0.197. The fraction of sp³-hybridized carbons (Fsp3) is 0.125. The molecule has 0 bridgehead atoms. The van der Waals surface area contributed by atoms with Crippen molar-refractivity contribution in [2.24, 2.45) is 0 Å². The first kappa shape index (κ1) is 9.92. The lowest BCUT2D eigenvalue weighted by Crippen LogP contribution is -1.99. The van der Waals surface area contributed by atoms with Crippen LogP contribution in [0.5, 0.6) is 0 Å². The van der Waals surface area contributed by atoms with Crippen LogP contribution in [-0.2, 0) is 0 Å². The van der Waals surface area contributed by atoms with E-state index in [1.165, 1.54) is 19.1 Å². The van der Waals surface area contributed by atoms with Crippen LogP contribution in [0.2, 0.25) is 5.02 Å². The summed E-state index contributed by atoms with van der Waals surface area (Å²) in [6, 6.07) is 2.77. The Morgan fingerprint density at radius 2 is 2.17 bits per heavy atom. The Balaban J connectivity index is 3.43. The maximum absolute atomic E-state index is 13.0. The van der Waals surface area contributed by atoms with Gasteiger partial charge < -0.3 is 0 Å². The highest BCUT2D eigenvalue weighted by Crippen LogP contribution is 2.25. The fourth-order valence-corrected chi connectivity index (χ4v) is 1.59. The smallest absolute Gasteiger partial charge is 0.164 e. The molecule has 4 heteroatoms. The summed E-state index contributed by atoms with van der Waals surface area (Å²) in [5.74, 6) is -0.913. The van der Waals surface area contributed by atoms with Crippen molar-refractivity contribution in [2.45, 2.75) is 6.92 Å². The molecular weight excluding hydrogens is 293 g/mol. The van der Waals surface area contributed by atoms with Crippen LogP contribution in [0.25, 0.3) is 0 Å². The average molecular weight is 298 g/mol. The first-order valence-electron chi connectivity index (χ1n) is 3.18. The molecule has 0 spiro atoms.